The molecule has 1 aliphatic heterocycles. The smallest absolute Gasteiger partial charge is 0.276 e. The minimum atomic E-state index is -0.443. The number of amides is 2. The van der Waals surface area contributed by atoms with Gasteiger partial charge in [-0.2, -0.15) is 5.10 Å². The highest BCUT2D eigenvalue weighted by Gasteiger charge is 2.19. The maximum atomic E-state index is 12.3. The maximum Gasteiger partial charge on any atom is 0.276 e. The molecule has 1 aromatic heterocycles. The molecule has 1 fully saturated rings. The average Bonchev–Trinajstić information content (AvgIpc) is 2.66. The monoisotopic (exact) mass is 356 g/mol. The van der Waals surface area contributed by atoms with E-state index in [9.17, 15) is 14.4 Å². The molecule has 0 atom stereocenters. The molecular formula is C18H20N4O4. The first-order valence-electron chi connectivity index (χ1n) is 8.34. The molecule has 0 aliphatic carbocycles. The fourth-order valence-electron chi connectivity index (χ4n) is 2.56. The molecule has 0 radical (unpaired) electrons. The minimum absolute atomic E-state index is 0.0694. The summed E-state index contributed by atoms with van der Waals surface area (Å²) in [6.07, 6.45) is 0. The summed E-state index contributed by atoms with van der Waals surface area (Å²) >= 11 is 0. The molecule has 0 spiro atoms. The van der Waals surface area contributed by atoms with Crippen molar-refractivity contribution in [1.29, 1.82) is 0 Å². The van der Waals surface area contributed by atoms with E-state index < -0.39 is 11.5 Å². The van der Waals surface area contributed by atoms with Gasteiger partial charge in [-0.15, -0.1) is 0 Å². The van der Waals surface area contributed by atoms with Gasteiger partial charge < -0.3 is 15.0 Å². The van der Waals surface area contributed by atoms with Crippen molar-refractivity contribution in [3.8, 4) is 0 Å². The summed E-state index contributed by atoms with van der Waals surface area (Å²) < 4.78 is 6.22. The molecule has 2 amide bonds. The van der Waals surface area contributed by atoms with Crippen LogP contribution in [0.1, 0.15) is 16.1 Å². The molecule has 2 aromatic rings. The lowest BCUT2D eigenvalue weighted by atomic mass is 10.2. The first kappa shape index (κ1) is 17.8. The molecule has 1 aliphatic rings. The molecule has 0 bridgehead atoms. The molecule has 3 rings (SSSR count). The van der Waals surface area contributed by atoms with Crippen LogP contribution in [0.4, 0.5) is 5.69 Å². The number of benzene rings is 1. The topological polar surface area (TPSA) is 93.5 Å². The van der Waals surface area contributed by atoms with Gasteiger partial charge in [-0.05, 0) is 25.1 Å². The number of aryl methyl sites for hydroxylation is 1. The van der Waals surface area contributed by atoms with Gasteiger partial charge in [0.15, 0.2) is 0 Å². The van der Waals surface area contributed by atoms with Gasteiger partial charge in [0.2, 0.25) is 5.91 Å². The number of nitrogens with one attached hydrogen (secondary N) is 1. The van der Waals surface area contributed by atoms with E-state index in [1.165, 1.54) is 12.1 Å². The predicted molar refractivity (Wildman–Crippen MR) is 95.0 cm³/mol. The number of carbonyl (C=O) groups excluding carboxylic acids is 2. The summed E-state index contributed by atoms with van der Waals surface area (Å²) in [7, 11) is 0. The molecule has 0 unspecified atom stereocenters. The Morgan fingerprint density at radius 3 is 2.50 bits per heavy atom. The molecule has 0 saturated carbocycles. The normalized spacial score (nSPS) is 14.1. The average molecular weight is 356 g/mol. The highest BCUT2D eigenvalue weighted by Crippen LogP contribution is 2.09. The van der Waals surface area contributed by atoms with Gasteiger partial charge in [-0.25, -0.2) is 4.68 Å². The van der Waals surface area contributed by atoms with E-state index in [2.05, 4.69) is 10.4 Å². The maximum absolute atomic E-state index is 12.3. The lowest BCUT2D eigenvalue weighted by Crippen LogP contribution is -2.43. The van der Waals surface area contributed by atoms with Crippen LogP contribution < -0.4 is 10.9 Å². The Morgan fingerprint density at radius 1 is 1.12 bits per heavy atom. The number of morpholine rings is 1. The molecule has 26 heavy (non-hydrogen) atoms. The van der Waals surface area contributed by atoms with Crippen molar-refractivity contribution in [1.82, 2.24) is 14.7 Å². The fraction of sp³-hybridized carbons (Fsp3) is 0.333. The van der Waals surface area contributed by atoms with Crippen LogP contribution in [0.15, 0.2) is 41.2 Å². The van der Waals surface area contributed by atoms with E-state index in [1.54, 1.807) is 17.0 Å². The standard InChI is InChI=1S/C18H20N4O4/c1-13-2-4-14(5-3-13)19-18(25)15-6-7-16(23)22(20-15)12-17(24)21-8-10-26-11-9-21/h2-7H,8-12H2,1H3,(H,19,25). The Bertz CT molecular complexity index is 854. The summed E-state index contributed by atoms with van der Waals surface area (Å²) in [4.78, 5) is 38.2. The molecule has 8 heteroatoms. The van der Waals surface area contributed by atoms with Crippen LogP contribution in [0.25, 0.3) is 0 Å². The third-order valence-corrected chi connectivity index (χ3v) is 4.06. The van der Waals surface area contributed by atoms with Crippen LogP contribution in [-0.2, 0) is 16.1 Å². The second-order valence-electron chi connectivity index (χ2n) is 6.03. The summed E-state index contributed by atoms with van der Waals surface area (Å²) in [6.45, 7) is 3.68. The zero-order valence-electron chi connectivity index (χ0n) is 14.5. The van der Waals surface area contributed by atoms with Crippen molar-refractivity contribution in [3.63, 3.8) is 0 Å². The van der Waals surface area contributed by atoms with Gasteiger partial charge in [-0.1, -0.05) is 17.7 Å². The van der Waals surface area contributed by atoms with Crippen molar-refractivity contribution >= 4 is 17.5 Å². The number of nitrogens with zero attached hydrogens (tertiary/aromatic N) is 3. The highest BCUT2D eigenvalue weighted by molar-refractivity contribution is 6.02. The summed E-state index contributed by atoms with van der Waals surface area (Å²) in [6, 6.07) is 9.91. The second kappa shape index (κ2) is 7.92. The summed E-state index contributed by atoms with van der Waals surface area (Å²) in [5, 5.41) is 6.75. The van der Waals surface area contributed by atoms with Crippen molar-refractivity contribution in [2.24, 2.45) is 0 Å². The van der Waals surface area contributed by atoms with Gasteiger partial charge in [0, 0.05) is 24.8 Å². The van der Waals surface area contributed by atoms with E-state index in [0.717, 1.165) is 10.2 Å². The number of ether oxygens (including phenoxy) is 1. The fourth-order valence-corrected chi connectivity index (χ4v) is 2.56. The first-order valence-corrected chi connectivity index (χ1v) is 8.34. The second-order valence-corrected chi connectivity index (χ2v) is 6.03. The quantitative estimate of drug-likeness (QED) is 0.869. The van der Waals surface area contributed by atoms with Crippen LogP contribution in [0, 0.1) is 6.92 Å². The van der Waals surface area contributed by atoms with Gasteiger partial charge in [0.25, 0.3) is 11.5 Å². The largest absolute Gasteiger partial charge is 0.378 e. The van der Waals surface area contributed by atoms with E-state index in [1.807, 2.05) is 19.1 Å². The van der Waals surface area contributed by atoms with Crippen molar-refractivity contribution in [2.75, 3.05) is 31.6 Å². The molecule has 136 valence electrons. The minimum Gasteiger partial charge on any atom is -0.378 e. The van der Waals surface area contributed by atoms with E-state index in [4.69, 9.17) is 4.74 Å². The first-order chi connectivity index (χ1) is 12.5. The number of hydrogen-bond donors (Lipinski definition) is 1. The van der Waals surface area contributed by atoms with Gasteiger partial charge >= 0.3 is 0 Å². The number of hydrogen-bond acceptors (Lipinski definition) is 5. The van der Waals surface area contributed by atoms with Crippen LogP contribution in [0.3, 0.4) is 0 Å². The lowest BCUT2D eigenvalue weighted by molar-refractivity contribution is -0.136. The molecule has 1 aromatic carbocycles. The number of anilines is 1. The molecule has 2 heterocycles. The number of carbonyl (C=O) groups is 2. The van der Waals surface area contributed by atoms with Crippen molar-refractivity contribution < 1.29 is 14.3 Å². The van der Waals surface area contributed by atoms with E-state index in [0.29, 0.717) is 32.0 Å². The Kier molecular flexibility index (Phi) is 5.43. The van der Waals surface area contributed by atoms with Crippen molar-refractivity contribution in [2.45, 2.75) is 13.5 Å². The highest BCUT2D eigenvalue weighted by atomic mass is 16.5. The van der Waals surface area contributed by atoms with Crippen LogP contribution >= 0.6 is 0 Å². The van der Waals surface area contributed by atoms with Crippen LogP contribution in [0.5, 0.6) is 0 Å². The number of rotatable bonds is 4. The van der Waals surface area contributed by atoms with E-state index >= 15 is 0 Å². The zero-order chi connectivity index (χ0) is 18.5. The number of aromatic nitrogens is 2. The molecule has 1 N–H and O–H groups in total. The molecular weight excluding hydrogens is 336 g/mol. The Hall–Kier alpha value is -3.00. The Morgan fingerprint density at radius 2 is 1.81 bits per heavy atom. The Balaban J connectivity index is 1.72. The third-order valence-electron chi connectivity index (χ3n) is 4.06. The van der Waals surface area contributed by atoms with Gasteiger partial charge in [0.05, 0.1) is 13.2 Å². The zero-order valence-corrected chi connectivity index (χ0v) is 14.5. The molecule has 1 saturated heterocycles. The SMILES string of the molecule is Cc1ccc(NC(=O)c2ccc(=O)n(CC(=O)N3CCOCC3)n2)cc1. The van der Waals surface area contributed by atoms with Crippen molar-refractivity contribution in [3.05, 3.63) is 58.0 Å². The van der Waals surface area contributed by atoms with Gasteiger partial charge in [-0.3, -0.25) is 14.4 Å². The Labute approximate surface area is 150 Å². The summed E-state index contributed by atoms with van der Waals surface area (Å²) in [5.74, 6) is -0.666. The molecule has 8 nitrogen and oxygen atoms in total. The summed E-state index contributed by atoms with van der Waals surface area (Å²) in [5.41, 5.74) is 1.35. The third kappa shape index (κ3) is 4.34. The van der Waals surface area contributed by atoms with Crippen LogP contribution in [0.2, 0.25) is 0 Å². The lowest BCUT2D eigenvalue weighted by Gasteiger charge is -2.26. The van der Waals surface area contributed by atoms with Gasteiger partial charge in [0.1, 0.15) is 12.2 Å². The van der Waals surface area contributed by atoms with Crippen LogP contribution in [-0.4, -0.2) is 52.8 Å². The predicted octanol–water partition coefficient (Wildman–Crippen LogP) is 0.663. The van der Waals surface area contributed by atoms with E-state index in [-0.39, 0.29) is 18.1 Å².